The zero-order valence-corrected chi connectivity index (χ0v) is 13.4. The Balaban J connectivity index is 1.70. The van der Waals surface area contributed by atoms with Gasteiger partial charge in [-0.2, -0.15) is 0 Å². The van der Waals surface area contributed by atoms with Gasteiger partial charge >= 0.3 is 0 Å². The van der Waals surface area contributed by atoms with E-state index in [1.165, 1.54) is 18.3 Å². The molecule has 0 bridgehead atoms. The Morgan fingerprint density at radius 2 is 2.23 bits per heavy atom. The van der Waals surface area contributed by atoms with Crippen LogP contribution in [0.1, 0.15) is 20.9 Å². The molecule has 7 heteroatoms. The lowest BCUT2D eigenvalue weighted by Crippen LogP contribution is -2.23. The molecule has 0 aromatic carbocycles. The number of rotatable bonds is 4. The van der Waals surface area contributed by atoms with Crippen LogP contribution < -0.4 is 10.9 Å². The molecule has 0 unspecified atom stereocenters. The van der Waals surface area contributed by atoms with Crippen LogP contribution in [0.4, 0.5) is 0 Å². The number of thiophene rings is 1. The fraction of sp³-hybridized carbons (Fsp3) is 0.133. The van der Waals surface area contributed by atoms with Crippen LogP contribution in [0.5, 0.6) is 0 Å². The second-order valence-corrected chi connectivity index (χ2v) is 6.66. The van der Waals surface area contributed by atoms with Gasteiger partial charge in [0.25, 0.3) is 5.91 Å². The third-order valence-electron chi connectivity index (χ3n) is 3.08. The minimum absolute atomic E-state index is 0.221. The van der Waals surface area contributed by atoms with Crippen molar-refractivity contribution in [2.75, 3.05) is 0 Å². The number of nitrogens with one attached hydrogen (secondary N) is 2. The van der Waals surface area contributed by atoms with Crippen molar-refractivity contribution in [3.8, 4) is 9.88 Å². The quantitative estimate of drug-likeness (QED) is 0.772. The fourth-order valence-electron chi connectivity index (χ4n) is 1.91. The van der Waals surface area contributed by atoms with Crippen LogP contribution in [0.3, 0.4) is 0 Å². The molecule has 3 rings (SSSR count). The maximum absolute atomic E-state index is 12.0. The first-order valence-corrected chi connectivity index (χ1v) is 8.30. The van der Waals surface area contributed by atoms with E-state index in [-0.39, 0.29) is 11.5 Å². The number of aromatic amines is 1. The number of aromatic nitrogens is 2. The summed E-state index contributed by atoms with van der Waals surface area (Å²) in [6, 6.07) is 6.87. The monoisotopic (exact) mass is 331 g/mol. The lowest BCUT2D eigenvalue weighted by Gasteiger charge is -2.03. The van der Waals surface area contributed by atoms with Gasteiger partial charge in [0.15, 0.2) is 0 Å². The molecule has 3 heterocycles. The number of thiazole rings is 1. The van der Waals surface area contributed by atoms with E-state index < -0.39 is 0 Å². The fourth-order valence-corrected chi connectivity index (χ4v) is 3.71. The van der Waals surface area contributed by atoms with Gasteiger partial charge in [0.05, 0.1) is 22.7 Å². The van der Waals surface area contributed by atoms with Crippen molar-refractivity contribution < 1.29 is 4.79 Å². The van der Waals surface area contributed by atoms with Crippen molar-refractivity contribution in [2.24, 2.45) is 0 Å². The Labute approximate surface area is 134 Å². The maximum atomic E-state index is 12.0. The first-order valence-electron chi connectivity index (χ1n) is 6.60. The molecule has 0 aliphatic heterocycles. The first kappa shape index (κ1) is 14.7. The summed E-state index contributed by atoms with van der Waals surface area (Å²) >= 11 is 3.23. The molecule has 0 saturated heterocycles. The summed E-state index contributed by atoms with van der Waals surface area (Å²) in [5.74, 6) is -0.221. The third-order valence-corrected chi connectivity index (χ3v) is 5.28. The predicted octanol–water partition coefficient (Wildman–Crippen LogP) is 2.80. The van der Waals surface area contributed by atoms with Crippen LogP contribution in [0, 0.1) is 6.92 Å². The molecule has 3 aromatic heterocycles. The molecule has 112 valence electrons. The van der Waals surface area contributed by atoms with Crippen molar-refractivity contribution in [3.05, 3.63) is 62.3 Å². The second kappa shape index (κ2) is 6.25. The molecular formula is C15H13N3O2S2. The number of pyridine rings is 1. The smallest absolute Gasteiger partial charge is 0.253 e. The van der Waals surface area contributed by atoms with E-state index in [0.29, 0.717) is 12.1 Å². The topological polar surface area (TPSA) is 74.8 Å². The van der Waals surface area contributed by atoms with E-state index in [2.05, 4.69) is 15.3 Å². The molecule has 0 aliphatic rings. The van der Waals surface area contributed by atoms with Crippen LogP contribution >= 0.6 is 22.7 Å². The van der Waals surface area contributed by atoms with E-state index in [9.17, 15) is 9.59 Å². The molecule has 22 heavy (non-hydrogen) atoms. The van der Waals surface area contributed by atoms with Gasteiger partial charge in [-0.1, -0.05) is 6.07 Å². The van der Waals surface area contributed by atoms with E-state index in [0.717, 1.165) is 20.5 Å². The molecule has 2 N–H and O–H groups in total. The summed E-state index contributed by atoms with van der Waals surface area (Å²) in [6.07, 6.45) is 1.41. The zero-order valence-electron chi connectivity index (χ0n) is 11.8. The standard InChI is InChI=1S/C15H13N3O2S2/c1-9-12(22-15(18-9)11-3-2-6-21-11)8-17-14(20)10-4-5-13(19)16-7-10/h2-7H,8H2,1H3,(H,16,19)(H,17,20). The molecule has 3 aromatic rings. The highest BCUT2D eigenvalue weighted by atomic mass is 32.1. The Morgan fingerprint density at radius 3 is 2.91 bits per heavy atom. The lowest BCUT2D eigenvalue weighted by atomic mass is 10.2. The highest BCUT2D eigenvalue weighted by molar-refractivity contribution is 7.21. The van der Waals surface area contributed by atoms with Crippen LogP contribution in [-0.4, -0.2) is 15.9 Å². The van der Waals surface area contributed by atoms with Crippen molar-refractivity contribution >= 4 is 28.6 Å². The van der Waals surface area contributed by atoms with E-state index in [1.54, 1.807) is 22.7 Å². The van der Waals surface area contributed by atoms with E-state index in [1.807, 2.05) is 24.4 Å². The van der Waals surface area contributed by atoms with Gasteiger partial charge in [-0.25, -0.2) is 4.98 Å². The first-order chi connectivity index (χ1) is 10.6. The molecule has 0 fully saturated rings. The number of nitrogens with zero attached hydrogens (tertiary/aromatic N) is 1. The number of amides is 1. The molecule has 0 saturated carbocycles. The third kappa shape index (κ3) is 3.15. The van der Waals surface area contributed by atoms with Gasteiger partial charge in [-0.15, -0.1) is 22.7 Å². The van der Waals surface area contributed by atoms with Crippen LogP contribution in [-0.2, 0) is 6.54 Å². The van der Waals surface area contributed by atoms with Gasteiger partial charge in [0.1, 0.15) is 5.01 Å². The zero-order chi connectivity index (χ0) is 15.5. The average molecular weight is 331 g/mol. The average Bonchev–Trinajstić information content (AvgIpc) is 3.15. The number of H-pyrrole nitrogens is 1. The van der Waals surface area contributed by atoms with Crippen molar-refractivity contribution in [3.63, 3.8) is 0 Å². The molecule has 1 amide bonds. The summed E-state index contributed by atoms with van der Waals surface area (Å²) in [5.41, 5.74) is 1.13. The van der Waals surface area contributed by atoms with E-state index >= 15 is 0 Å². The molecule has 0 radical (unpaired) electrons. The number of hydrogen-bond donors (Lipinski definition) is 2. The van der Waals surface area contributed by atoms with E-state index in [4.69, 9.17) is 0 Å². The number of carbonyl (C=O) groups is 1. The van der Waals surface area contributed by atoms with Crippen molar-refractivity contribution in [2.45, 2.75) is 13.5 Å². The summed E-state index contributed by atoms with van der Waals surface area (Å²) in [5, 5.41) is 5.84. The van der Waals surface area contributed by atoms with Gasteiger partial charge in [0, 0.05) is 17.1 Å². The SMILES string of the molecule is Cc1nc(-c2cccs2)sc1CNC(=O)c1ccc(=O)[nH]c1. The lowest BCUT2D eigenvalue weighted by molar-refractivity contribution is 0.0951. The summed E-state index contributed by atoms with van der Waals surface area (Å²) in [4.78, 5) is 32.2. The molecule has 0 aliphatic carbocycles. The Hall–Kier alpha value is -2.25. The normalized spacial score (nSPS) is 10.6. The summed E-state index contributed by atoms with van der Waals surface area (Å²) in [6.45, 7) is 2.36. The van der Waals surface area contributed by atoms with Gasteiger partial charge in [-0.05, 0) is 24.4 Å². The van der Waals surface area contributed by atoms with Gasteiger partial charge in [0.2, 0.25) is 5.56 Å². The molecule has 0 atom stereocenters. The number of carbonyl (C=O) groups excluding carboxylic acids is 1. The second-order valence-electron chi connectivity index (χ2n) is 4.63. The number of aryl methyl sites for hydroxylation is 1. The maximum Gasteiger partial charge on any atom is 0.253 e. The number of hydrogen-bond acceptors (Lipinski definition) is 5. The Morgan fingerprint density at radius 1 is 1.36 bits per heavy atom. The Bertz CT molecular complexity index is 830. The largest absolute Gasteiger partial charge is 0.347 e. The van der Waals surface area contributed by atoms with Gasteiger partial charge in [-0.3, -0.25) is 9.59 Å². The van der Waals surface area contributed by atoms with Crippen LogP contribution in [0.25, 0.3) is 9.88 Å². The van der Waals surface area contributed by atoms with Crippen LogP contribution in [0.15, 0.2) is 40.6 Å². The minimum atomic E-state index is -0.226. The predicted molar refractivity (Wildman–Crippen MR) is 88.4 cm³/mol. The summed E-state index contributed by atoms with van der Waals surface area (Å²) < 4.78 is 0. The minimum Gasteiger partial charge on any atom is -0.347 e. The van der Waals surface area contributed by atoms with Gasteiger partial charge < -0.3 is 10.3 Å². The Kier molecular flexibility index (Phi) is 4.17. The van der Waals surface area contributed by atoms with Crippen LogP contribution in [0.2, 0.25) is 0 Å². The molecule has 5 nitrogen and oxygen atoms in total. The van der Waals surface area contributed by atoms with Crippen molar-refractivity contribution in [1.29, 1.82) is 0 Å². The molecular weight excluding hydrogens is 318 g/mol. The molecule has 0 spiro atoms. The highest BCUT2D eigenvalue weighted by Gasteiger charge is 2.12. The summed E-state index contributed by atoms with van der Waals surface area (Å²) in [7, 11) is 0. The highest BCUT2D eigenvalue weighted by Crippen LogP contribution is 2.30. The van der Waals surface area contributed by atoms with Crippen molar-refractivity contribution in [1.82, 2.24) is 15.3 Å².